The SMILES string of the molecule is CCCCCN(C)c1c(Cl)cccc1C(=O)O. The lowest BCUT2D eigenvalue weighted by Gasteiger charge is -2.22. The van der Waals surface area contributed by atoms with E-state index in [1.807, 2.05) is 11.9 Å². The average molecular weight is 256 g/mol. The molecule has 1 aromatic carbocycles. The molecule has 0 aliphatic heterocycles. The first-order valence-electron chi connectivity index (χ1n) is 5.80. The summed E-state index contributed by atoms with van der Waals surface area (Å²) in [7, 11) is 1.88. The number of unbranched alkanes of at least 4 members (excludes halogenated alkanes) is 2. The zero-order valence-electron chi connectivity index (χ0n) is 10.2. The molecule has 1 rings (SSSR count). The van der Waals surface area contributed by atoms with Crippen LogP contribution in [0.4, 0.5) is 5.69 Å². The molecule has 0 bridgehead atoms. The number of aromatic carboxylic acids is 1. The molecule has 0 aliphatic carbocycles. The molecule has 0 aromatic heterocycles. The van der Waals surface area contributed by atoms with Crippen LogP contribution in [0, 0.1) is 0 Å². The fraction of sp³-hybridized carbons (Fsp3) is 0.462. The third kappa shape index (κ3) is 3.63. The molecule has 0 unspecified atom stereocenters. The van der Waals surface area contributed by atoms with E-state index in [-0.39, 0.29) is 5.56 Å². The molecule has 17 heavy (non-hydrogen) atoms. The summed E-state index contributed by atoms with van der Waals surface area (Å²) in [6, 6.07) is 4.97. The summed E-state index contributed by atoms with van der Waals surface area (Å²) >= 11 is 6.08. The predicted octanol–water partition coefficient (Wildman–Crippen LogP) is 3.66. The van der Waals surface area contributed by atoms with Gasteiger partial charge in [0.25, 0.3) is 0 Å². The van der Waals surface area contributed by atoms with Gasteiger partial charge in [-0.3, -0.25) is 0 Å². The first kappa shape index (κ1) is 13.8. The summed E-state index contributed by atoms with van der Waals surface area (Å²) in [5, 5.41) is 9.61. The zero-order chi connectivity index (χ0) is 12.8. The van der Waals surface area contributed by atoms with Gasteiger partial charge in [0, 0.05) is 13.6 Å². The highest BCUT2D eigenvalue weighted by Gasteiger charge is 2.16. The maximum atomic E-state index is 11.1. The molecule has 0 fully saturated rings. The van der Waals surface area contributed by atoms with Gasteiger partial charge < -0.3 is 10.0 Å². The van der Waals surface area contributed by atoms with Gasteiger partial charge in [-0.25, -0.2) is 4.79 Å². The van der Waals surface area contributed by atoms with Crippen LogP contribution in [-0.2, 0) is 0 Å². The van der Waals surface area contributed by atoms with E-state index >= 15 is 0 Å². The quantitative estimate of drug-likeness (QED) is 0.789. The molecule has 0 spiro atoms. The van der Waals surface area contributed by atoms with Gasteiger partial charge in [0.1, 0.15) is 0 Å². The largest absolute Gasteiger partial charge is 0.478 e. The van der Waals surface area contributed by atoms with Gasteiger partial charge in [-0.2, -0.15) is 0 Å². The van der Waals surface area contributed by atoms with Crippen LogP contribution >= 0.6 is 11.6 Å². The lowest BCUT2D eigenvalue weighted by atomic mass is 10.1. The first-order valence-corrected chi connectivity index (χ1v) is 6.18. The van der Waals surface area contributed by atoms with E-state index in [1.54, 1.807) is 18.2 Å². The Balaban J connectivity index is 2.90. The lowest BCUT2D eigenvalue weighted by molar-refractivity contribution is 0.0697. The number of hydrogen-bond acceptors (Lipinski definition) is 2. The zero-order valence-corrected chi connectivity index (χ0v) is 11.0. The van der Waals surface area contributed by atoms with Crippen LogP contribution in [0.2, 0.25) is 5.02 Å². The van der Waals surface area contributed by atoms with Gasteiger partial charge in [-0.1, -0.05) is 37.4 Å². The Labute approximate surface area is 107 Å². The van der Waals surface area contributed by atoms with Crippen LogP contribution in [0.15, 0.2) is 18.2 Å². The fourth-order valence-electron chi connectivity index (χ4n) is 1.79. The number of carboxylic acid groups (broad SMARTS) is 1. The minimum Gasteiger partial charge on any atom is -0.478 e. The maximum absolute atomic E-state index is 11.1. The molecule has 0 aliphatic rings. The molecule has 1 N–H and O–H groups in total. The second kappa shape index (κ2) is 6.50. The van der Waals surface area contributed by atoms with Crippen molar-refractivity contribution in [3.05, 3.63) is 28.8 Å². The van der Waals surface area contributed by atoms with Crippen molar-refractivity contribution < 1.29 is 9.90 Å². The fourth-order valence-corrected chi connectivity index (χ4v) is 2.11. The van der Waals surface area contributed by atoms with Crippen molar-refractivity contribution in [1.29, 1.82) is 0 Å². The van der Waals surface area contributed by atoms with E-state index in [0.717, 1.165) is 25.8 Å². The van der Waals surface area contributed by atoms with Gasteiger partial charge in [0.15, 0.2) is 0 Å². The maximum Gasteiger partial charge on any atom is 0.337 e. The van der Waals surface area contributed by atoms with Crippen molar-refractivity contribution in [2.24, 2.45) is 0 Å². The van der Waals surface area contributed by atoms with E-state index in [2.05, 4.69) is 6.92 Å². The highest BCUT2D eigenvalue weighted by atomic mass is 35.5. The van der Waals surface area contributed by atoms with Crippen molar-refractivity contribution in [3.8, 4) is 0 Å². The lowest BCUT2D eigenvalue weighted by Crippen LogP contribution is -2.21. The molecule has 0 radical (unpaired) electrons. The van der Waals surface area contributed by atoms with Crippen molar-refractivity contribution in [2.45, 2.75) is 26.2 Å². The van der Waals surface area contributed by atoms with Crippen LogP contribution < -0.4 is 4.90 Å². The summed E-state index contributed by atoms with van der Waals surface area (Å²) in [4.78, 5) is 13.0. The van der Waals surface area contributed by atoms with Crippen LogP contribution in [0.5, 0.6) is 0 Å². The van der Waals surface area contributed by atoms with Crippen LogP contribution in [0.3, 0.4) is 0 Å². The third-order valence-corrected chi connectivity index (χ3v) is 3.00. The van der Waals surface area contributed by atoms with Gasteiger partial charge in [0.05, 0.1) is 16.3 Å². The van der Waals surface area contributed by atoms with Crippen molar-refractivity contribution in [3.63, 3.8) is 0 Å². The minimum absolute atomic E-state index is 0.261. The number of rotatable bonds is 6. The standard InChI is InChI=1S/C13H18ClNO2/c1-3-4-5-9-15(2)12-10(13(16)17)7-6-8-11(12)14/h6-8H,3-5,9H2,1-2H3,(H,16,17). The molecular weight excluding hydrogens is 238 g/mol. The number of nitrogens with zero attached hydrogens (tertiary/aromatic N) is 1. The van der Waals surface area contributed by atoms with Gasteiger partial charge in [-0.05, 0) is 18.6 Å². The average Bonchev–Trinajstić information content (AvgIpc) is 2.28. The highest BCUT2D eigenvalue weighted by Crippen LogP contribution is 2.29. The van der Waals surface area contributed by atoms with Crippen molar-refractivity contribution >= 4 is 23.3 Å². The van der Waals surface area contributed by atoms with E-state index in [4.69, 9.17) is 16.7 Å². The molecular formula is C13H18ClNO2. The molecule has 94 valence electrons. The van der Waals surface area contributed by atoms with Gasteiger partial charge in [0.2, 0.25) is 0 Å². The molecule has 1 aromatic rings. The highest BCUT2D eigenvalue weighted by molar-refractivity contribution is 6.34. The number of carboxylic acids is 1. The van der Waals surface area contributed by atoms with E-state index < -0.39 is 5.97 Å². The topological polar surface area (TPSA) is 40.5 Å². The number of para-hydroxylation sites is 1. The van der Waals surface area contributed by atoms with Crippen LogP contribution in [0.25, 0.3) is 0 Å². The van der Waals surface area contributed by atoms with Crippen LogP contribution in [0.1, 0.15) is 36.5 Å². The number of benzene rings is 1. The smallest absolute Gasteiger partial charge is 0.337 e. The van der Waals surface area contributed by atoms with Crippen LogP contribution in [-0.4, -0.2) is 24.7 Å². The van der Waals surface area contributed by atoms with E-state index in [9.17, 15) is 4.79 Å². The minimum atomic E-state index is -0.940. The molecule has 0 saturated carbocycles. The summed E-state index contributed by atoms with van der Waals surface area (Å²) in [6.45, 7) is 2.95. The Hall–Kier alpha value is -1.22. The summed E-state index contributed by atoms with van der Waals surface area (Å²) in [5.74, 6) is -0.940. The number of halogens is 1. The second-order valence-electron chi connectivity index (χ2n) is 4.07. The number of anilines is 1. The monoisotopic (exact) mass is 255 g/mol. The molecule has 0 saturated heterocycles. The number of hydrogen-bond donors (Lipinski definition) is 1. The Morgan fingerprint density at radius 3 is 2.71 bits per heavy atom. The second-order valence-corrected chi connectivity index (χ2v) is 4.48. The third-order valence-electron chi connectivity index (χ3n) is 2.70. The van der Waals surface area contributed by atoms with Gasteiger partial charge in [-0.15, -0.1) is 0 Å². The van der Waals surface area contributed by atoms with E-state index in [1.165, 1.54) is 0 Å². The van der Waals surface area contributed by atoms with Crippen molar-refractivity contribution in [1.82, 2.24) is 0 Å². The molecule has 0 atom stereocenters. The van der Waals surface area contributed by atoms with E-state index in [0.29, 0.717) is 10.7 Å². The molecule has 0 heterocycles. The normalized spacial score (nSPS) is 10.3. The first-order chi connectivity index (χ1) is 8.07. The Kier molecular flexibility index (Phi) is 5.29. The Bertz CT molecular complexity index is 393. The Morgan fingerprint density at radius 1 is 1.41 bits per heavy atom. The summed E-state index contributed by atoms with van der Waals surface area (Å²) < 4.78 is 0. The molecule has 3 nitrogen and oxygen atoms in total. The summed E-state index contributed by atoms with van der Waals surface area (Å²) in [5.41, 5.74) is 0.870. The van der Waals surface area contributed by atoms with Crippen molar-refractivity contribution in [2.75, 3.05) is 18.5 Å². The van der Waals surface area contributed by atoms with Gasteiger partial charge >= 0.3 is 5.97 Å². The Morgan fingerprint density at radius 2 is 2.12 bits per heavy atom. The summed E-state index contributed by atoms with van der Waals surface area (Å²) in [6.07, 6.45) is 3.32. The molecule has 0 amide bonds. The predicted molar refractivity (Wildman–Crippen MR) is 71.2 cm³/mol. The molecule has 4 heteroatoms. The number of carbonyl (C=O) groups is 1.